The van der Waals surface area contributed by atoms with E-state index in [1.807, 2.05) is 0 Å². The molecule has 0 aliphatic rings. The van der Waals surface area contributed by atoms with Gasteiger partial charge in [-0.3, -0.25) is 0 Å². The van der Waals surface area contributed by atoms with Gasteiger partial charge in [-0.25, -0.2) is 0 Å². The van der Waals surface area contributed by atoms with Crippen molar-refractivity contribution >= 4 is 57.8 Å². The van der Waals surface area contributed by atoms with E-state index in [0.29, 0.717) is 0 Å². The van der Waals surface area contributed by atoms with Gasteiger partial charge in [-0.2, -0.15) is 0 Å². The van der Waals surface area contributed by atoms with Crippen molar-refractivity contribution in [3.63, 3.8) is 0 Å². The number of hydrogen-bond acceptors (Lipinski definition) is 0. The Balaban J connectivity index is 0.000000174. The number of benzene rings is 6. The van der Waals surface area contributed by atoms with Crippen molar-refractivity contribution in [2.45, 2.75) is 0 Å². The van der Waals surface area contributed by atoms with E-state index in [1.165, 1.54) is 31.8 Å². The Kier molecular flexibility index (Phi) is 12.7. The zero-order valence-corrected chi connectivity index (χ0v) is 25.5. The van der Waals surface area contributed by atoms with Gasteiger partial charge in [0.05, 0.1) is 0 Å². The summed E-state index contributed by atoms with van der Waals surface area (Å²) in [4.78, 5) is 0. The summed E-state index contributed by atoms with van der Waals surface area (Å²) >= 11 is 3.03. The maximum atomic E-state index is 4.33. The molecule has 0 spiro atoms. The van der Waals surface area contributed by atoms with E-state index in [1.54, 1.807) is 0 Å². The third kappa shape index (κ3) is 8.49. The zero-order chi connectivity index (χ0) is 27.8. The largest absolute Gasteiger partial charge is 0.0622 e. The van der Waals surface area contributed by atoms with Gasteiger partial charge in [0.15, 0.2) is 0 Å². The van der Waals surface area contributed by atoms with Crippen molar-refractivity contribution in [1.29, 1.82) is 0 Å². The predicted molar refractivity (Wildman–Crippen MR) is 176 cm³/mol. The molecule has 40 heavy (non-hydrogen) atoms. The van der Waals surface area contributed by atoms with E-state index in [4.69, 9.17) is 0 Å². The summed E-state index contributed by atoms with van der Waals surface area (Å²) in [5.74, 6) is 0. The average Bonchev–Trinajstić information content (AvgIpc) is 3.06. The molecular formula is C36H30ClCoP2. The molecule has 0 radical (unpaired) electrons. The molecule has 0 N–H and O–H groups in total. The Morgan fingerprint density at radius 3 is 0.500 bits per heavy atom. The van der Waals surface area contributed by atoms with Crippen LogP contribution in [0.4, 0.5) is 0 Å². The molecule has 0 saturated heterocycles. The van der Waals surface area contributed by atoms with Crippen LogP contribution in [0.25, 0.3) is 0 Å². The van der Waals surface area contributed by atoms with Crippen LogP contribution >= 0.6 is 26.0 Å². The Morgan fingerprint density at radius 1 is 0.250 bits per heavy atom. The van der Waals surface area contributed by atoms with Gasteiger partial charge in [-0.1, -0.05) is 182 Å². The Bertz CT molecular complexity index is 1180. The molecule has 0 amide bonds. The first-order chi connectivity index (χ1) is 19.9. The Hall–Kier alpha value is -3.02. The monoisotopic (exact) mass is 618 g/mol. The van der Waals surface area contributed by atoms with Gasteiger partial charge in [0.2, 0.25) is 0 Å². The van der Waals surface area contributed by atoms with Crippen molar-refractivity contribution < 1.29 is 14.8 Å². The van der Waals surface area contributed by atoms with Crippen LogP contribution in [0.2, 0.25) is 0 Å². The second-order valence-corrected chi connectivity index (χ2v) is 13.1. The molecule has 0 heterocycles. The summed E-state index contributed by atoms with van der Waals surface area (Å²) in [7, 11) is 3.43. The molecule has 0 aliphatic carbocycles. The van der Waals surface area contributed by atoms with Crippen LogP contribution in [0.5, 0.6) is 0 Å². The summed E-state index contributed by atoms with van der Waals surface area (Å²) in [6.07, 6.45) is 0. The van der Waals surface area contributed by atoms with Gasteiger partial charge < -0.3 is 0 Å². The average molecular weight is 619 g/mol. The first kappa shape index (κ1) is 29.9. The quantitative estimate of drug-likeness (QED) is 0.169. The number of halogens is 1. The van der Waals surface area contributed by atoms with E-state index < -0.39 is 15.8 Å². The molecule has 0 bridgehead atoms. The van der Waals surface area contributed by atoms with Crippen molar-refractivity contribution in [2.75, 3.05) is 0 Å². The van der Waals surface area contributed by atoms with Crippen LogP contribution in [0.3, 0.4) is 0 Å². The van der Waals surface area contributed by atoms with Gasteiger partial charge in [0, 0.05) is 0 Å². The van der Waals surface area contributed by atoms with Gasteiger partial charge in [-0.15, -0.1) is 0 Å². The maximum absolute atomic E-state index is 4.33. The Labute approximate surface area is 253 Å². The van der Waals surface area contributed by atoms with E-state index in [0.717, 1.165) is 0 Å². The third-order valence-corrected chi connectivity index (χ3v) is 11.0. The van der Waals surface area contributed by atoms with Crippen molar-refractivity contribution in [3.8, 4) is 0 Å². The summed E-state index contributed by atoms with van der Waals surface area (Å²) in [6.45, 7) is 0. The van der Waals surface area contributed by atoms with E-state index in [-0.39, 0.29) is 0 Å². The molecule has 4 heteroatoms. The summed E-state index contributed by atoms with van der Waals surface area (Å²) in [5, 5.41) is 8.39. The normalized spacial score (nSPS) is 10.2. The minimum absolute atomic E-state index is 0.446. The van der Waals surface area contributed by atoms with Crippen molar-refractivity contribution in [1.82, 2.24) is 0 Å². The summed E-state index contributed by atoms with van der Waals surface area (Å²) in [6, 6.07) is 64.7. The first-order valence-electron chi connectivity index (χ1n) is 12.9. The van der Waals surface area contributed by atoms with Crippen LogP contribution in [0.1, 0.15) is 0 Å². The second kappa shape index (κ2) is 16.9. The van der Waals surface area contributed by atoms with E-state index in [2.05, 4.69) is 207 Å². The molecule has 6 aromatic rings. The molecule has 0 saturated carbocycles. The molecule has 6 aromatic carbocycles. The fourth-order valence-corrected chi connectivity index (χ4v) is 8.97. The smallest absolute Gasteiger partial charge is 0.0134 e. The number of rotatable bonds is 6. The minimum Gasteiger partial charge on any atom is -0.0622 e. The van der Waals surface area contributed by atoms with Gasteiger partial charge >= 0.3 is 25.0 Å². The van der Waals surface area contributed by atoms with Crippen LogP contribution in [-0.2, 0) is 14.8 Å². The fourth-order valence-electron chi connectivity index (χ4n) is 4.36. The first-order valence-corrected chi connectivity index (χ1v) is 17.0. The van der Waals surface area contributed by atoms with Gasteiger partial charge in [-0.05, 0) is 47.7 Å². The topological polar surface area (TPSA) is 0 Å². The molecule has 0 atom stereocenters. The zero-order valence-electron chi connectivity index (χ0n) is 21.9. The molecule has 200 valence electrons. The summed E-state index contributed by atoms with van der Waals surface area (Å²) in [5.41, 5.74) is 0. The minimum atomic E-state index is -0.446. The predicted octanol–water partition coefficient (Wildman–Crippen LogP) is 7.58. The molecule has 6 rings (SSSR count). The third-order valence-electron chi connectivity index (χ3n) is 6.09. The molecule has 0 fully saturated rings. The number of hydrogen-bond donors (Lipinski definition) is 0. The van der Waals surface area contributed by atoms with E-state index in [9.17, 15) is 0 Å². The molecule has 0 aliphatic heterocycles. The van der Waals surface area contributed by atoms with Crippen LogP contribution in [0.15, 0.2) is 182 Å². The maximum Gasteiger partial charge on any atom is -0.0134 e. The molecule has 0 aromatic heterocycles. The van der Waals surface area contributed by atoms with Gasteiger partial charge in [0.25, 0.3) is 0 Å². The van der Waals surface area contributed by atoms with Crippen molar-refractivity contribution in [3.05, 3.63) is 182 Å². The van der Waals surface area contributed by atoms with Gasteiger partial charge in [0.1, 0.15) is 0 Å². The van der Waals surface area contributed by atoms with Crippen LogP contribution in [-0.4, -0.2) is 0 Å². The summed E-state index contributed by atoms with van der Waals surface area (Å²) < 4.78 is 0. The van der Waals surface area contributed by atoms with E-state index >= 15 is 0 Å². The molecular weight excluding hydrogens is 589 g/mol. The standard InChI is InChI=1S/2C18H15P.ClH.Co/c2*1-4-10-16(11-5-1)19(17-12-6-2-7-13-17)18-14-8-3-9-15-18;;/h2*1-15H;1H;/q;;;+1/p-1. The second-order valence-electron chi connectivity index (χ2n) is 8.68. The van der Waals surface area contributed by atoms with Crippen LogP contribution in [0, 0.1) is 0 Å². The SMILES string of the molecule is [Cl][Co].c1ccc(P(c2ccccc2)c2ccccc2)cc1.c1ccc(P(c2ccccc2)c2ccccc2)cc1. The van der Waals surface area contributed by atoms with Crippen LogP contribution < -0.4 is 31.8 Å². The Morgan fingerprint density at radius 2 is 0.375 bits per heavy atom. The van der Waals surface area contributed by atoms with Crippen molar-refractivity contribution in [2.24, 2.45) is 0 Å². The fraction of sp³-hybridized carbons (Fsp3) is 0. The molecule has 0 unspecified atom stereocenters. The molecule has 0 nitrogen and oxygen atoms in total.